The lowest BCUT2D eigenvalue weighted by Crippen LogP contribution is -2.40. The average molecular weight is 274 g/mol. The van der Waals surface area contributed by atoms with Gasteiger partial charge in [-0.3, -0.25) is 0 Å². The van der Waals surface area contributed by atoms with Gasteiger partial charge < -0.3 is 10.6 Å². The lowest BCUT2D eigenvalue weighted by molar-refractivity contribution is 0.150. The quantitative estimate of drug-likeness (QED) is 0.826. The molecule has 5 heteroatoms. The molecular weight excluding hydrogens is 248 g/mol. The summed E-state index contributed by atoms with van der Waals surface area (Å²) >= 11 is 0. The fraction of sp³-hybridized carbons (Fsp3) is 1.00. The molecule has 1 aliphatic heterocycles. The second-order valence-electron chi connectivity index (χ2n) is 6.04. The predicted molar refractivity (Wildman–Crippen MR) is 74.2 cm³/mol. The van der Waals surface area contributed by atoms with Crippen molar-refractivity contribution in [2.45, 2.75) is 38.1 Å². The van der Waals surface area contributed by atoms with Gasteiger partial charge in [-0.25, -0.2) is 8.42 Å². The first-order valence-corrected chi connectivity index (χ1v) is 8.94. The van der Waals surface area contributed by atoms with Gasteiger partial charge in [0, 0.05) is 12.6 Å². The summed E-state index contributed by atoms with van der Waals surface area (Å²) < 4.78 is 23.0. The maximum atomic E-state index is 11.5. The molecule has 3 atom stereocenters. The van der Waals surface area contributed by atoms with Crippen LogP contribution >= 0.6 is 0 Å². The number of hydrogen-bond donors (Lipinski definition) is 1. The molecule has 0 aromatic heterocycles. The maximum absolute atomic E-state index is 11.5. The van der Waals surface area contributed by atoms with Crippen molar-refractivity contribution in [1.82, 2.24) is 4.90 Å². The molecule has 4 nitrogen and oxygen atoms in total. The van der Waals surface area contributed by atoms with Crippen LogP contribution < -0.4 is 5.73 Å². The largest absolute Gasteiger partial charge is 0.330 e. The van der Waals surface area contributed by atoms with E-state index in [1.165, 1.54) is 25.7 Å². The monoisotopic (exact) mass is 274 g/mol. The Kier molecular flexibility index (Phi) is 4.67. The lowest BCUT2D eigenvalue weighted by Gasteiger charge is -2.35. The van der Waals surface area contributed by atoms with Crippen LogP contribution in [0.1, 0.15) is 32.1 Å². The van der Waals surface area contributed by atoms with Gasteiger partial charge >= 0.3 is 0 Å². The molecule has 2 rings (SSSR count). The van der Waals surface area contributed by atoms with Crippen LogP contribution in [0.4, 0.5) is 0 Å². The zero-order chi connectivity index (χ0) is 13.2. The van der Waals surface area contributed by atoms with Crippen LogP contribution in [0.2, 0.25) is 0 Å². The summed E-state index contributed by atoms with van der Waals surface area (Å²) in [5, 5.41) is 0. The molecule has 2 N–H and O–H groups in total. The van der Waals surface area contributed by atoms with E-state index in [1.807, 2.05) is 0 Å². The summed E-state index contributed by atoms with van der Waals surface area (Å²) in [5.74, 6) is 2.02. The van der Waals surface area contributed by atoms with Crippen molar-refractivity contribution in [3.63, 3.8) is 0 Å². The molecule has 1 saturated carbocycles. The molecule has 1 aliphatic carbocycles. The van der Waals surface area contributed by atoms with E-state index >= 15 is 0 Å². The Labute approximate surface area is 111 Å². The van der Waals surface area contributed by atoms with Crippen LogP contribution in [0.3, 0.4) is 0 Å². The van der Waals surface area contributed by atoms with Crippen LogP contribution in [-0.4, -0.2) is 51.0 Å². The second-order valence-corrected chi connectivity index (χ2v) is 8.27. The van der Waals surface area contributed by atoms with Crippen molar-refractivity contribution in [1.29, 1.82) is 0 Å². The SMILES string of the molecule is CN(CC1CCCCC1CN)C1CCS(=O)(=O)C1. The molecule has 2 fully saturated rings. The third-order valence-corrected chi connectivity index (χ3v) is 6.47. The predicted octanol–water partition coefficient (Wildman–Crippen LogP) is 0.870. The molecule has 1 heterocycles. The van der Waals surface area contributed by atoms with Crippen LogP contribution in [0, 0.1) is 11.8 Å². The summed E-state index contributed by atoms with van der Waals surface area (Å²) in [6.45, 7) is 1.80. The Morgan fingerprint density at radius 2 is 1.83 bits per heavy atom. The van der Waals surface area contributed by atoms with Gasteiger partial charge in [-0.2, -0.15) is 0 Å². The van der Waals surface area contributed by atoms with E-state index in [-0.39, 0.29) is 6.04 Å². The molecule has 0 bridgehead atoms. The van der Waals surface area contributed by atoms with E-state index in [0.717, 1.165) is 19.5 Å². The maximum Gasteiger partial charge on any atom is 0.151 e. The molecular formula is C13H26N2O2S. The third kappa shape index (κ3) is 3.45. The third-order valence-electron chi connectivity index (χ3n) is 4.72. The summed E-state index contributed by atoms with van der Waals surface area (Å²) in [6.07, 6.45) is 5.92. The first-order chi connectivity index (χ1) is 8.52. The highest BCUT2D eigenvalue weighted by molar-refractivity contribution is 7.91. The van der Waals surface area contributed by atoms with Crippen molar-refractivity contribution in [3.05, 3.63) is 0 Å². The van der Waals surface area contributed by atoms with E-state index in [4.69, 9.17) is 5.73 Å². The molecule has 1 saturated heterocycles. The Morgan fingerprint density at radius 1 is 1.17 bits per heavy atom. The van der Waals surface area contributed by atoms with Gasteiger partial charge in [-0.15, -0.1) is 0 Å². The summed E-state index contributed by atoms with van der Waals surface area (Å²) in [4.78, 5) is 2.27. The highest BCUT2D eigenvalue weighted by Gasteiger charge is 2.33. The van der Waals surface area contributed by atoms with E-state index in [0.29, 0.717) is 23.3 Å². The highest BCUT2D eigenvalue weighted by Crippen LogP contribution is 2.30. The standard InChI is InChI=1S/C13H26N2O2S/c1-15(13-6-7-18(16,17)10-13)9-12-5-3-2-4-11(12)8-14/h11-13H,2-10,14H2,1H3. The van der Waals surface area contributed by atoms with Crippen molar-refractivity contribution >= 4 is 9.84 Å². The second kappa shape index (κ2) is 5.88. The van der Waals surface area contributed by atoms with Gasteiger partial charge in [0.15, 0.2) is 9.84 Å². The topological polar surface area (TPSA) is 63.4 Å². The van der Waals surface area contributed by atoms with E-state index < -0.39 is 9.84 Å². The van der Waals surface area contributed by atoms with Gasteiger partial charge in [0.05, 0.1) is 11.5 Å². The number of nitrogens with zero attached hydrogens (tertiary/aromatic N) is 1. The number of rotatable bonds is 4. The van der Waals surface area contributed by atoms with Gasteiger partial charge in [0.2, 0.25) is 0 Å². The van der Waals surface area contributed by atoms with Crippen LogP contribution in [0.25, 0.3) is 0 Å². The first kappa shape index (κ1) is 14.3. The Balaban J connectivity index is 1.88. The van der Waals surface area contributed by atoms with Crippen molar-refractivity contribution < 1.29 is 8.42 Å². The lowest BCUT2D eigenvalue weighted by atomic mass is 9.79. The van der Waals surface area contributed by atoms with Crippen LogP contribution in [0.5, 0.6) is 0 Å². The minimum Gasteiger partial charge on any atom is -0.330 e. The zero-order valence-electron chi connectivity index (χ0n) is 11.3. The van der Waals surface area contributed by atoms with Crippen LogP contribution in [0.15, 0.2) is 0 Å². The molecule has 106 valence electrons. The summed E-state index contributed by atoms with van der Waals surface area (Å²) in [6, 6.07) is 0.232. The van der Waals surface area contributed by atoms with Gasteiger partial charge in [-0.1, -0.05) is 12.8 Å². The van der Waals surface area contributed by atoms with Gasteiger partial charge in [0.1, 0.15) is 0 Å². The van der Waals surface area contributed by atoms with Gasteiger partial charge in [0.25, 0.3) is 0 Å². The molecule has 0 aromatic rings. The molecule has 0 radical (unpaired) electrons. The fourth-order valence-corrected chi connectivity index (χ4v) is 5.28. The minimum absolute atomic E-state index is 0.232. The van der Waals surface area contributed by atoms with E-state index in [1.54, 1.807) is 0 Å². The summed E-state index contributed by atoms with van der Waals surface area (Å²) in [5.41, 5.74) is 5.85. The van der Waals surface area contributed by atoms with Crippen molar-refractivity contribution in [2.75, 3.05) is 31.6 Å². The number of hydrogen-bond acceptors (Lipinski definition) is 4. The Bertz CT molecular complexity index is 369. The zero-order valence-corrected chi connectivity index (χ0v) is 12.2. The smallest absolute Gasteiger partial charge is 0.151 e. The van der Waals surface area contributed by atoms with Crippen molar-refractivity contribution in [2.24, 2.45) is 17.6 Å². The molecule has 0 spiro atoms. The van der Waals surface area contributed by atoms with Crippen molar-refractivity contribution in [3.8, 4) is 0 Å². The van der Waals surface area contributed by atoms with Gasteiger partial charge in [-0.05, 0) is 44.7 Å². The Morgan fingerprint density at radius 3 is 2.39 bits per heavy atom. The van der Waals surface area contributed by atoms with Crippen LogP contribution in [-0.2, 0) is 9.84 Å². The fourth-order valence-electron chi connectivity index (χ4n) is 3.48. The average Bonchev–Trinajstić information content (AvgIpc) is 2.70. The summed E-state index contributed by atoms with van der Waals surface area (Å²) in [7, 11) is -0.690. The van der Waals surface area contributed by atoms with E-state index in [9.17, 15) is 8.42 Å². The normalized spacial score (nSPS) is 36.1. The molecule has 3 unspecified atom stereocenters. The molecule has 0 aromatic carbocycles. The highest BCUT2D eigenvalue weighted by atomic mass is 32.2. The molecule has 0 amide bonds. The number of nitrogens with two attached hydrogens (primary N) is 1. The minimum atomic E-state index is -2.77. The first-order valence-electron chi connectivity index (χ1n) is 7.12. The molecule has 2 aliphatic rings. The van der Waals surface area contributed by atoms with E-state index in [2.05, 4.69) is 11.9 Å². The Hall–Kier alpha value is -0.130. The molecule has 18 heavy (non-hydrogen) atoms. The number of sulfone groups is 1.